The largest absolute Gasteiger partial charge is 0.357 e. The average Bonchev–Trinajstić information content (AvgIpc) is 3.03. The maximum absolute atomic E-state index is 11.9. The van der Waals surface area contributed by atoms with Crippen LogP contribution >= 0.6 is 0 Å². The lowest BCUT2D eigenvalue weighted by molar-refractivity contribution is 0.102. The number of carbonyl (C=O) groups is 1. The fourth-order valence-electron chi connectivity index (χ4n) is 1.86. The predicted molar refractivity (Wildman–Crippen MR) is 76.2 cm³/mol. The molecule has 3 rings (SSSR count). The minimum absolute atomic E-state index is 0.161. The number of aromatic amines is 1. The zero-order chi connectivity index (χ0) is 13.8. The molecule has 3 aromatic rings. The highest BCUT2D eigenvalue weighted by Gasteiger charge is 2.06. The second-order valence-corrected chi connectivity index (χ2v) is 4.24. The topological polar surface area (TPSA) is 70.7 Å². The Morgan fingerprint density at radius 3 is 2.40 bits per heavy atom. The number of H-pyrrole nitrogens is 1. The van der Waals surface area contributed by atoms with Gasteiger partial charge < -0.3 is 10.3 Å². The first kappa shape index (κ1) is 12.1. The van der Waals surface area contributed by atoms with E-state index in [2.05, 4.69) is 20.3 Å². The van der Waals surface area contributed by atoms with E-state index in [1.165, 1.54) is 6.33 Å². The van der Waals surface area contributed by atoms with Crippen molar-refractivity contribution in [2.45, 2.75) is 0 Å². The van der Waals surface area contributed by atoms with Crippen molar-refractivity contribution < 1.29 is 4.79 Å². The first-order valence-electron chi connectivity index (χ1n) is 6.13. The lowest BCUT2D eigenvalue weighted by Crippen LogP contribution is -2.11. The summed E-state index contributed by atoms with van der Waals surface area (Å²) in [5.74, 6) is -0.161. The number of amides is 1. The summed E-state index contributed by atoms with van der Waals surface area (Å²) in [5.41, 5.74) is 3.22. The predicted octanol–water partition coefficient (Wildman–Crippen LogP) is 2.72. The van der Waals surface area contributed by atoms with Gasteiger partial charge in [-0.1, -0.05) is 12.1 Å². The number of hydrogen-bond donors (Lipinski definition) is 2. The molecule has 2 N–H and O–H groups in total. The first-order valence-corrected chi connectivity index (χ1v) is 6.13. The third kappa shape index (κ3) is 2.56. The number of nitrogens with one attached hydrogen (secondary N) is 2. The van der Waals surface area contributed by atoms with E-state index >= 15 is 0 Å². The number of hydrogen-bond acceptors (Lipinski definition) is 3. The van der Waals surface area contributed by atoms with Crippen molar-refractivity contribution in [3.63, 3.8) is 0 Å². The second-order valence-electron chi connectivity index (χ2n) is 4.24. The third-order valence-corrected chi connectivity index (χ3v) is 2.88. The number of nitrogens with zero attached hydrogens (tertiary/aromatic N) is 2. The minimum Gasteiger partial charge on any atom is -0.357 e. The van der Waals surface area contributed by atoms with Gasteiger partial charge in [-0.25, -0.2) is 9.97 Å². The highest BCUT2D eigenvalue weighted by Crippen LogP contribution is 2.19. The Hall–Kier alpha value is -2.95. The van der Waals surface area contributed by atoms with Crippen LogP contribution in [0.5, 0.6) is 0 Å². The molecule has 1 amide bonds. The van der Waals surface area contributed by atoms with Gasteiger partial charge in [0.25, 0.3) is 5.91 Å². The molecule has 0 unspecified atom stereocenters. The lowest BCUT2D eigenvalue weighted by Gasteiger charge is -2.05. The Morgan fingerprint density at radius 1 is 1.00 bits per heavy atom. The normalized spacial score (nSPS) is 10.2. The van der Waals surface area contributed by atoms with Crippen LogP contribution in [0.25, 0.3) is 11.1 Å². The summed E-state index contributed by atoms with van der Waals surface area (Å²) in [4.78, 5) is 22.7. The van der Waals surface area contributed by atoms with Crippen molar-refractivity contribution in [2.24, 2.45) is 0 Å². The van der Waals surface area contributed by atoms with Gasteiger partial charge in [0, 0.05) is 29.8 Å². The molecule has 0 aliphatic rings. The smallest absolute Gasteiger partial charge is 0.272 e. The van der Waals surface area contributed by atoms with E-state index in [9.17, 15) is 4.79 Å². The van der Waals surface area contributed by atoms with Crippen molar-refractivity contribution in [3.8, 4) is 11.1 Å². The first-order chi connectivity index (χ1) is 9.83. The molecule has 0 spiro atoms. The van der Waals surface area contributed by atoms with Crippen LogP contribution in [0.3, 0.4) is 0 Å². The van der Waals surface area contributed by atoms with Gasteiger partial charge in [-0.3, -0.25) is 4.79 Å². The summed E-state index contributed by atoms with van der Waals surface area (Å²) >= 11 is 0. The summed E-state index contributed by atoms with van der Waals surface area (Å²) in [5, 5.41) is 2.82. The maximum atomic E-state index is 11.9. The van der Waals surface area contributed by atoms with Gasteiger partial charge >= 0.3 is 0 Å². The molecule has 2 heterocycles. The SMILES string of the molecule is O=C(Nc1ccc(-c2cncnc2)cc1)c1ccc[nH]1. The van der Waals surface area contributed by atoms with Crippen LogP contribution in [-0.2, 0) is 0 Å². The van der Waals surface area contributed by atoms with Gasteiger partial charge in [-0.15, -0.1) is 0 Å². The highest BCUT2D eigenvalue weighted by molar-refractivity contribution is 6.03. The number of aromatic nitrogens is 3. The second kappa shape index (κ2) is 5.36. The number of rotatable bonds is 3. The molecule has 2 aromatic heterocycles. The Morgan fingerprint density at radius 2 is 1.75 bits per heavy atom. The van der Waals surface area contributed by atoms with E-state index in [0.717, 1.165) is 16.8 Å². The van der Waals surface area contributed by atoms with Gasteiger partial charge in [-0.05, 0) is 29.8 Å². The quantitative estimate of drug-likeness (QED) is 0.764. The molecule has 5 nitrogen and oxygen atoms in total. The number of benzene rings is 1. The zero-order valence-corrected chi connectivity index (χ0v) is 10.6. The Bertz CT molecular complexity index is 691. The van der Waals surface area contributed by atoms with E-state index in [1.807, 2.05) is 24.3 Å². The van der Waals surface area contributed by atoms with Crippen molar-refractivity contribution in [2.75, 3.05) is 5.32 Å². The molecule has 98 valence electrons. The molecule has 0 radical (unpaired) electrons. The number of anilines is 1. The van der Waals surface area contributed by atoms with Crippen LogP contribution in [0.2, 0.25) is 0 Å². The van der Waals surface area contributed by atoms with E-state index in [-0.39, 0.29) is 5.91 Å². The van der Waals surface area contributed by atoms with E-state index < -0.39 is 0 Å². The van der Waals surface area contributed by atoms with E-state index in [0.29, 0.717) is 5.69 Å². The van der Waals surface area contributed by atoms with Gasteiger partial charge in [0.2, 0.25) is 0 Å². The van der Waals surface area contributed by atoms with Crippen LogP contribution in [0.1, 0.15) is 10.5 Å². The summed E-state index contributed by atoms with van der Waals surface area (Å²) in [6.07, 6.45) is 6.71. The molecule has 0 atom stereocenters. The molecular weight excluding hydrogens is 252 g/mol. The van der Waals surface area contributed by atoms with Crippen molar-refractivity contribution in [3.05, 3.63) is 67.0 Å². The minimum atomic E-state index is -0.161. The Kier molecular flexibility index (Phi) is 3.24. The Labute approximate surface area is 115 Å². The van der Waals surface area contributed by atoms with Crippen LogP contribution < -0.4 is 5.32 Å². The molecule has 0 saturated heterocycles. The van der Waals surface area contributed by atoms with Gasteiger partial charge in [-0.2, -0.15) is 0 Å². The fourth-order valence-corrected chi connectivity index (χ4v) is 1.86. The molecular formula is C15H12N4O. The monoisotopic (exact) mass is 264 g/mol. The summed E-state index contributed by atoms with van der Waals surface area (Å²) in [7, 11) is 0. The van der Waals surface area contributed by atoms with Gasteiger partial charge in [0.1, 0.15) is 12.0 Å². The molecule has 0 aliphatic carbocycles. The van der Waals surface area contributed by atoms with Crippen LogP contribution in [0, 0.1) is 0 Å². The highest BCUT2D eigenvalue weighted by atomic mass is 16.1. The van der Waals surface area contributed by atoms with Crippen LogP contribution in [-0.4, -0.2) is 20.9 Å². The summed E-state index contributed by atoms with van der Waals surface area (Å²) < 4.78 is 0. The summed E-state index contributed by atoms with van der Waals surface area (Å²) in [6.45, 7) is 0. The number of carbonyl (C=O) groups excluding carboxylic acids is 1. The third-order valence-electron chi connectivity index (χ3n) is 2.88. The fraction of sp³-hybridized carbons (Fsp3) is 0. The molecule has 0 fully saturated rings. The van der Waals surface area contributed by atoms with Crippen molar-refractivity contribution >= 4 is 11.6 Å². The summed E-state index contributed by atoms with van der Waals surface area (Å²) in [6, 6.07) is 11.1. The lowest BCUT2D eigenvalue weighted by atomic mass is 10.1. The molecule has 1 aromatic carbocycles. The van der Waals surface area contributed by atoms with Crippen LogP contribution in [0.4, 0.5) is 5.69 Å². The molecule has 5 heteroatoms. The maximum Gasteiger partial charge on any atom is 0.272 e. The molecule has 0 saturated carbocycles. The molecule has 0 bridgehead atoms. The van der Waals surface area contributed by atoms with Gasteiger partial charge in [0.05, 0.1) is 0 Å². The standard InChI is InChI=1S/C15H12N4O/c20-15(14-2-1-7-18-14)19-13-5-3-11(4-6-13)12-8-16-10-17-9-12/h1-10,18H,(H,19,20). The van der Waals surface area contributed by atoms with E-state index in [1.54, 1.807) is 30.7 Å². The molecule has 0 aliphatic heterocycles. The van der Waals surface area contributed by atoms with E-state index in [4.69, 9.17) is 0 Å². The average molecular weight is 264 g/mol. The van der Waals surface area contributed by atoms with Gasteiger partial charge in [0.15, 0.2) is 0 Å². The Balaban J connectivity index is 1.75. The molecule has 20 heavy (non-hydrogen) atoms. The van der Waals surface area contributed by atoms with Crippen LogP contribution in [0.15, 0.2) is 61.3 Å². The van der Waals surface area contributed by atoms with Crippen molar-refractivity contribution in [1.82, 2.24) is 15.0 Å². The van der Waals surface area contributed by atoms with Crippen molar-refractivity contribution in [1.29, 1.82) is 0 Å². The zero-order valence-electron chi connectivity index (χ0n) is 10.6.